The highest BCUT2D eigenvalue weighted by Gasteiger charge is 2.25. The number of H-pyrrole nitrogens is 1. The summed E-state index contributed by atoms with van der Waals surface area (Å²) in [5.74, 6) is 0.151. The Morgan fingerprint density at radius 1 is 1.35 bits per heavy atom. The summed E-state index contributed by atoms with van der Waals surface area (Å²) in [7, 11) is 1.52. The van der Waals surface area contributed by atoms with Crippen LogP contribution in [-0.4, -0.2) is 33.9 Å². The average molecular weight is 282 g/mol. The van der Waals surface area contributed by atoms with Crippen LogP contribution < -0.4 is 21.9 Å². The Bertz CT molecular complexity index is 572. The van der Waals surface area contributed by atoms with Crippen LogP contribution >= 0.6 is 0 Å². The molecule has 0 amide bonds. The molecule has 7 nitrogen and oxygen atoms in total. The van der Waals surface area contributed by atoms with Crippen molar-refractivity contribution in [3.63, 3.8) is 0 Å². The summed E-state index contributed by atoms with van der Waals surface area (Å²) in [5.41, 5.74) is 5.23. The molecule has 20 heavy (non-hydrogen) atoms. The van der Waals surface area contributed by atoms with Crippen LogP contribution in [0.3, 0.4) is 0 Å². The average Bonchev–Trinajstić information content (AvgIpc) is 2.45. The lowest BCUT2D eigenvalue weighted by molar-refractivity contribution is 0.289. The van der Waals surface area contributed by atoms with E-state index in [9.17, 15) is 14.7 Å². The van der Waals surface area contributed by atoms with Gasteiger partial charge >= 0.3 is 5.69 Å². The molecule has 7 heteroatoms. The largest absolute Gasteiger partial charge is 0.395 e. The number of hydrogen-bond donors (Lipinski definition) is 3. The molecule has 0 unspecified atom stereocenters. The quantitative estimate of drug-likeness (QED) is 0.708. The summed E-state index contributed by atoms with van der Waals surface area (Å²) in [6, 6.07) is 0.191. The lowest BCUT2D eigenvalue weighted by Gasteiger charge is -2.35. The van der Waals surface area contributed by atoms with Crippen LogP contribution in [0.1, 0.15) is 32.1 Å². The van der Waals surface area contributed by atoms with E-state index in [0.717, 1.165) is 25.7 Å². The Kier molecular flexibility index (Phi) is 4.49. The Labute approximate surface area is 117 Å². The SMILES string of the molecule is Cn1c(N)c(N(CCO)C2CCCCC2)c(=O)[nH]c1=O. The first-order chi connectivity index (χ1) is 9.56. The monoisotopic (exact) mass is 282 g/mol. The van der Waals surface area contributed by atoms with E-state index in [-0.39, 0.29) is 18.5 Å². The number of aromatic amines is 1. The molecule has 0 saturated heterocycles. The minimum absolute atomic E-state index is 0.0573. The number of aromatic nitrogens is 2. The molecule has 1 fully saturated rings. The van der Waals surface area contributed by atoms with Gasteiger partial charge in [0.1, 0.15) is 11.5 Å². The van der Waals surface area contributed by atoms with E-state index in [1.165, 1.54) is 18.0 Å². The number of nitrogen functional groups attached to an aromatic ring is 1. The molecule has 112 valence electrons. The highest BCUT2D eigenvalue weighted by Crippen LogP contribution is 2.27. The Balaban J connectivity index is 2.46. The summed E-state index contributed by atoms with van der Waals surface area (Å²) in [6.45, 7) is 0.286. The number of anilines is 2. The predicted octanol–water partition coefficient (Wildman–Crippen LogP) is -0.213. The zero-order valence-corrected chi connectivity index (χ0v) is 11.8. The van der Waals surface area contributed by atoms with Gasteiger partial charge in [-0.15, -0.1) is 0 Å². The molecule has 0 spiro atoms. The normalized spacial score (nSPS) is 16.3. The second-order valence-corrected chi connectivity index (χ2v) is 5.26. The second-order valence-electron chi connectivity index (χ2n) is 5.26. The fourth-order valence-corrected chi connectivity index (χ4v) is 2.88. The van der Waals surface area contributed by atoms with Gasteiger partial charge in [0.2, 0.25) is 0 Å². The van der Waals surface area contributed by atoms with Crippen LogP contribution in [-0.2, 0) is 7.05 Å². The van der Waals surface area contributed by atoms with Gasteiger partial charge in [-0.2, -0.15) is 0 Å². The molecule has 0 atom stereocenters. The lowest BCUT2D eigenvalue weighted by Crippen LogP contribution is -2.44. The molecule has 1 aromatic rings. The second kappa shape index (κ2) is 6.13. The summed E-state index contributed by atoms with van der Waals surface area (Å²) in [5, 5.41) is 9.27. The summed E-state index contributed by atoms with van der Waals surface area (Å²) >= 11 is 0. The van der Waals surface area contributed by atoms with E-state index in [1.807, 2.05) is 4.90 Å². The molecule has 1 heterocycles. The van der Waals surface area contributed by atoms with E-state index in [4.69, 9.17) is 5.73 Å². The first kappa shape index (κ1) is 14.6. The van der Waals surface area contributed by atoms with Crippen molar-refractivity contribution < 1.29 is 5.11 Å². The zero-order chi connectivity index (χ0) is 14.7. The van der Waals surface area contributed by atoms with E-state index in [0.29, 0.717) is 12.2 Å². The molecule has 0 bridgehead atoms. The van der Waals surface area contributed by atoms with Crippen molar-refractivity contribution in [1.29, 1.82) is 0 Å². The van der Waals surface area contributed by atoms with Crippen LogP contribution in [0, 0.1) is 0 Å². The molecule has 4 N–H and O–H groups in total. The highest BCUT2D eigenvalue weighted by atomic mass is 16.3. The van der Waals surface area contributed by atoms with Crippen molar-refractivity contribution in [2.45, 2.75) is 38.1 Å². The third kappa shape index (κ3) is 2.72. The molecule has 1 aliphatic carbocycles. The van der Waals surface area contributed by atoms with Gasteiger partial charge in [-0.25, -0.2) is 4.79 Å². The van der Waals surface area contributed by atoms with Crippen LogP contribution in [0.2, 0.25) is 0 Å². The number of nitrogens with two attached hydrogens (primary N) is 1. The molecule has 1 saturated carbocycles. The molecule has 2 rings (SSSR count). The minimum atomic E-state index is -0.524. The Morgan fingerprint density at radius 3 is 2.60 bits per heavy atom. The number of nitrogens with zero attached hydrogens (tertiary/aromatic N) is 2. The maximum atomic E-state index is 12.1. The number of rotatable bonds is 4. The first-order valence-corrected chi connectivity index (χ1v) is 7.02. The number of hydrogen-bond acceptors (Lipinski definition) is 5. The zero-order valence-electron chi connectivity index (χ0n) is 11.8. The molecule has 1 aliphatic rings. The van der Waals surface area contributed by atoms with Crippen molar-refractivity contribution in [2.75, 3.05) is 23.8 Å². The smallest absolute Gasteiger partial charge is 0.329 e. The molecular formula is C13H22N4O3. The van der Waals surface area contributed by atoms with E-state index in [2.05, 4.69) is 4.98 Å². The van der Waals surface area contributed by atoms with E-state index in [1.54, 1.807) is 0 Å². The van der Waals surface area contributed by atoms with Crippen molar-refractivity contribution in [2.24, 2.45) is 7.05 Å². The number of aliphatic hydroxyl groups excluding tert-OH is 1. The predicted molar refractivity (Wildman–Crippen MR) is 78.0 cm³/mol. The maximum Gasteiger partial charge on any atom is 0.329 e. The van der Waals surface area contributed by atoms with Gasteiger partial charge in [-0.05, 0) is 12.8 Å². The fraction of sp³-hybridized carbons (Fsp3) is 0.692. The first-order valence-electron chi connectivity index (χ1n) is 7.02. The Hall–Kier alpha value is -1.76. The van der Waals surface area contributed by atoms with Gasteiger partial charge in [0.25, 0.3) is 5.56 Å². The van der Waals surface area contributed by atoms with Crippen LogP contribution in [0.5, 0.6) is 0 Å². The van der Waals surface area contributed by atoms with Gasteiger partial charge in [0.15, 0.2) is 0 Å². The van der Waals surface area contributed by atoms with Crippen molar-refractivity contribution >= 4 is 11.5 Å². The fourth-order valence-electron chi connectivity index (χ4n) is 2.88. The molecule has 0 radical (unpaired) electrons. The van der Waals surface area contributed by atoms with Crippen LogP contribution in [0.25, 0.3) is 0 Å². The van der Waals surface area contributed by atoms with Crippen LogP contribution in [0.4, 0.5) is 11.5 Å². The van der Waals surface area contributed by atoms with Gasteiger partial charge in [-0.1, -0.05) is 19.3 Å². The number of nitrogens with one attached hydrogen (secondary N) is 1. The molecule has 1 aromatic heterocycles. The standard InChI is InChI=1S/C13H22N4O3/c1-16-11(14)10(12(19)15-13(16)20)17(7-8-18)9-5-3-2-4-6-9/h9,18H,2-8,14H2,1H3,(H,15,19,20). The van der Waals surface area contributed by atoms with Gasteiger partial charge in [-0.3, -0.25) is 14.3 Å². The van der Waals surface area contributed by atoms with Gasteiger partial charge < -0.3 is 15.7 Å². The molecule has 0 aliphatic heterocycles. The topological polar surface area (TPSA) is 104 Å². The summed E-state index contributed by atoms with van der Waals surface area (Å²) in [6.07, 6.45) is 5.36. The highest BCUT2D eigenvalue weighted by molar-refractivity contribution is 5.63. The van der Waals surface area contributed by atoms with Crippen molar-refractivity contribution in [3.8, 4) is 0 Å². The van der Waals surface area contributed by atoms with Crippen LogP contribution in [0.15, 0.2) is 9.59 Å². The third-order valence-electron chi connectivity index (χ3n) is 3.99. The van der Waals surface area contributed by atoms with E-state index >= 15 is 0 Å². The summed E-state index contributed by atoms with van der Waals surface area (Å²) in [4.78, 5) is 27.8. The number of aliphatic hydroxyl groups is 1. The third-order valence-corrected chi connectivity index (χ3v) is 3.99. The maximum absolute atomic E-state index is 12.1. The van der Waals surface area contributed by atoms with Crippen molar-refractivity contribution in [1.82, 2.24) is 9.55 Å². The Morgan fingerprint density at radius 2 is 2.00 bits per heavy atom. The molecular weight excluding hydrogens is 260 g/mol. The van der Waals surface area contributed by atoms with E-state index < -0.39 is 11.2 Å². The summed E-state index contributed by atoms with van der Waals surface area (Å²) < 4.78 is 1.23. The van der Waals surface area contributed by atoms with Crippen molar-refractivity contribution in [3.05, 3.63) is 20.8 Å². The lowest BCUT2D eigenvalue weighted by atomic mass is 9.94. The van der Waals surface area contributed by atoms with Gasteiger partial charge in [0.05, 0.1) is 6.61 Å². The molecule has 0 aromatic carbocycles. The van der Waals surface area contributed by atoms with Gasteiger partial charge in [0, 0.05) is 19.6 Å². The minimum Gasteiger partial charge on any atom is -0.395 e.